The molecule has 0 aromatic heterocycles. The highest BCUT2D eigenvalue weighted by molar-refractivity contribution is 9.10. The number of aryl methyl sites for hydroxylation is 1. The number of nitrogens with one attached hydrogen (secondary N) is 1. The number of hydrogen-bond acceptors (Lipinski definition) is 4. The molecule has 25 heavy (non-hydrogen) atoms. The molecule has 0 bridgehead atoms. The van der Waals surface area contributed by atoms with Crippen LogP contribution in [-0.2, 0) is 16.0 Å². The monoisotopic (exact) mass is 409 g/mol. The lowest BCUT2D eigenvalue weighted by molar-refractivity contribution is -0.131. The molecule has 2 aliphatic heterocycles. The van der Waals surface area contributed by atoms with Crippen LogP contribution in [-0.4, -0.2) is 60.4 Å². The number of urea groups is 1. The van der Waals surface area contributed by atoms with Gasteiger partial charge in [0.15, 0.2) is 0 Å². The number of methoxy groups -OCH3 is 1. The van der Waals surface area contributed by atoms with Crippen LogP contribution < -0.4 is 10.1 Å². The number of amides is 4. The van der Waals surface area contributed by atoms with Crippen LogP contribution >= 0.6 is 15.9 Å². The number of hydrogen-bond donors (Lipinski definition) is 1. The van der Waals surface area contributed by atoms with Crippen LogP contribution in [0.4, 0.5) is 4.79 Å². The Bertz CT molecular complexity index is 693. The molecule has 8 heteroatoms. The summed E-state index contributed by atoms with van der Waals surface area (Å²) in [5.41, 5.74) is 1.05. The number of halogens is 1. The van der Waals surface area contributed by atoms with Crippen molar-refractivity contribution in [2.75, 3.05) is 26.7 Å². The maximum Gasteiger partial charge on any atom is 0.324 e. The number of benzene rings is 1. The summed E-state index contributed by atoms with van der Waals surface area (Å²) in [4.78, 5) is 38.9. The Hall–Kier alpha value is -2.09. The van der Waals surface area contributed by atoms with Gasteiger partial charge in [0, 0.05) is 19.5 Å². The molecule has 1 aromatic carbocycles. The molecule has 0 radical (unpaired) electrons. The van der Waals surface area contributed by atoms with Gasteiger partial charge in [-0.2, -0.15) is 0 Å². The fraction of sp³-hybridized carbons (Fsp3) is 0.471. The summed E-state index contributed by atoms with van der Waals surface area (Å²) in [6.45, 7) is 1.05. The first-order valence-corrected chi connectivity index (χ1v) is 8.99. The molecule has 1 aromatic rings. The number of carbonyl (C=O) groups is 3. The van der Waals surface area contributed by atoms with E-state index in [9.17, 15) is 14.4 Å². The zero-order chi connectivity index (χ0) is 18.0. The fourth-order valence-electron chi connectivity index (χ4n) is 3.26. The van der Waals surface area contributed by atoms with Crippen molar-refractivity contribution in [2.24, 2.45) is 0 Å². The predicted octanol–water partition coefficient (Wildman–Crippen LogP) is 1.54. The predicted molar refractivity (Wildman–Crippen MR) is 94.2 cm³/mol. The van der Waals surface area contributed by atoms with Crippen LogP contribution in [0.5, 0.6) is 5.75 Å². The third-order valence-corrected chi connectivity index (χ3v) is 5.22. The Kier molecular flexibility index (Phi) is 5.27. The lowest BCUT2D eigenvalue weighted by Crippen LogP contribution is -2.42. The highest BCUT2D eigenvalue weighted by atomic mass is 79.9. The molecule has 134 valence electrons. The van der Waals surface area contributed by atoms with E-state index in [2.05, 4.69) is 21.2 Å². The Morgan fingerprint density at radius 1 is 1.40 bits per heavy atom. The molecular weight excluding hydrogens is 390 g/mol. The van der Waals surface area contributed by atoms with Gasteiger partial charge in [0.05, 0.1) is 24.2 Å². The van der Waals surface area contributed by atoms with Gasteiger partial charge in [-0.1, -0.05) is 6.07 Å². The van der Waals surface area contributed by atoms with E-state index >= 15 is 0 Å². The van der Waals surface area contributed by atoms with E-state index in [0.717, 1.165) is 15.8 Å². The van der Waals surface area contributed by atoms with Crippen molar-refractivity contribution in [2.45, 2.75) is 25.3 Å². The van der Waals surface area contributed by atoms with Crippen LogP contribution in [0.1, 0.15) is 18.4 Å². The Balaban J connectivity index is 1.53. The van der Waals surface area contributed by atoms with Crippen LogP contribution in [0.15, 0.2) is 22.7 Å². The van der Waals surface area contributed by atoms with Crippen molar-refractivity contribution in [3.8, 4) is 5.75 Å². The Morgan fingerprint density at radius 2 is 2.20 bits per heavy atom. The van der Waals surface area contributed by atoms with Crippen LogP contribution in [0.3, 0.4) is 0 Å². The highest BCUT2D eigenvalue weighted by Gasteiger charge is 2.39. The quantitative estimate of drug-likeness (QED) is 0.748. The first kappa shape index (κ1) is 17.7. The smallest absolute Gasteiger partial charge is 0.324 e. The number of likely N-dealkylation sites (tertiary alicyclic amines) is 1. The van der Waals surface area contributed by atoms with Gasteiger partial charge < -0.3 is 15.0 Å². The summed E-state index contributed by atoms with van der Waals surface area (Å²) in [6.07, 6.45) is 1.66. The zero-order valence-corrected chi connectivity index (χ0v) is 15.5. The lowest BCUT2D eigenvalue weighted by atomic mass is 10.1. The highest BCUT2D eigenvalue weighted by Crippen LogP contribution is 2.26. The van der Waals surface area contributed by atoms with Gasteiger partial charge in [0.25, 0.3) is 0 Å². The average molecular weight is 410 g/mol. The molecule has 1 unspecified atom stereocenters. The molecule has 0 saturated carbocycles. The van der Waals surface area contributed by atoms with Gasteiger partial charge in [-0.15, -0.1) is 0 Å². The molecule has 2 fully saturated rings. The third-order valence-electron chi connectivity index (χ3n) is 4.60. The lowest BCUT2D eigenvalue weighted by Gasteiger charge is -2.21. The van der Waals surface area contributed by atoms with E-state index < -0.39 is 0 Å². The van der Waals surface area contributed by atoms with Crippen molar-refractivity contribution < 1.29 is 19.1 Å². The van der Waals surface area contributed by atoms with Gasteiger partial charge in [-0.3, -0.25) is 14.5 Å². The third kappa shape index (κ3) is 3.78. The first-order valence-electron chi connectivity index (χ1n) is 8.19. The molecule has 1 atom stereocenters. The standard InChI is InChI=1S/C17H20BrN3O4/c1-25-14-4-2-11(8-13(14)18)3-5-15(22)20-7-6-12(10-20)21-16(23)9-19-17(21)24/h2,4,8,12H,3,5-7,9-10H2,1H3,(H,19,24). The van der Waals surface area contributed by atoms with E-state index in [-0.39, 0.29) is 30.4 Å². The SMILES string of the molecule is COc1ccc(CCC(=O)N2CCC(N3C(=O)CNC3=O)C2)cc1Br. The summed E-state index contributed by atoms with van der Waals surface area (Å²) < 4.78 is 6.06. The van der Waals surface area contributed by atoms with Gasteiger partial charge >= 0.3 is 6.03 Å². The average Bonchev–Trinajstić information content (AvgIpc) is 3.19. The topological polar surface area (TPSA) is 79.0 Å². The minimum atomic E-state index is -0.354. The zero-order valence-electron chi connectivity index (χ0n) is 14.0. The molecule has 4 amide bonds. The molecule has 7 nitrogen and oxygen atoms in total. The number of ether oxygens (including phenoxy) is 1. The van der Waals surface area contributed by atoms with Crippen molar-refractivity contribution in [3.05, 3.63) is 28.2 Å². The maximum absolute atomic E-state index is 12.4. The van der Waals surface area contributed by atoms with E-state index in [1.54, 1.807) is 12.0 Å². The Labute approximate surface area is 154 Å². The van der Waals surface area contributed by atoms with Crippen molar-refractivity contribution in [3.63, 3.8) is 0 Å². The number of carbonyl (C=O) groups excluding carboxylic acids is 3. The maximum atomic E-state index is 12.4. The van der Waals surface area contributed by atoms with Gasteiger partial charge in [-0.25, -0.2) is 4.79 Å². The fourth-order valence-corrected chi connectivity index (χ4v) is 3.85. The summed E-state index contributed by atoms with van der Waals surface area (Å²) >= 11 is 3.44. The van der Waals surface area contributed by atoms with Gasteiger partial charge in [-0.05, 0) is 46.5 Å². The van der Waals surface area contributed by atoms with Crippen molar-refractivity contribution >= 4 is 33.8 Å². The van der Waals surface area contributed by atoms with Crippen LogP contribution in [0, 0.1) is 0 Å². The minimum Gasteiger partial charge on any atom is -0.496 e. The molecule has 2 aliphatic rings. The molecule has 2 heterocycles. The summed E-state index contributed by atoms with van der Waals surface area (Å²) in [6, 6.07) is 5.19. The second kappa shape index (κ2) is 7.43. The van der Waals surface area contributed by atoms with E-state index in [1.807, 2.05) is 18.2 Å². The van der Waals surface area contributed by atoms with Gasteiger partial charge in [0.1, 0.15) is 5.75 Å². The van der Waals surface area contributed by atoms with E-state index in [1.165, 1.54) is 4.90 Å². The second-order valence-electron chi connectivity index (χ2n) is 6.17. The molecule has 1 N–H and O–H groups in total. The summed E-state index contributed by atoms with van der Waals surface area (Å²) in [5.74, 6) is 0.583. The number of imide groups is 1. The Morgan fingerprint density at radius 3 is 2.84 bits per heavy atom. The molecule has 0 aliphatic carbocycles. The van der Waals surface area contributed by atoms with Crippen molar-refractivity contribution in [1.29, 1.82) is 0 Å². The van der Waals surface area contributed by atoms with Crippen LogP contribution in [0.25, 0.3) is 0 Å². The molecular formula is C17H20BrN3O4. The minimum absolute atomic E-state index is 0.0431. The first-order chi connectivity index (χ1) is 12.0. The number of rotatable bonds is 5. The molecule has 0 spiro atoms. The van der Waals surface area contributed by atoms with Gasteiger partial charge in [0.2, 0.25) is 11.8 Å². The number of nitrogens with zero attached hydrogens (tertiary/aromatic N) is 2. The second-order valence-corrected chi connectivity index (χ2v) is 7.03. The molecule has 3 rings (SSSR count). The van der Waals surface area contributed by atoms with E-state index in [0.29, 0.717) is 32.4 Å². The summed E-state index contributed by atoms with van der Waals surface area (Å²) in [7, 11) is 1.61. The van der Waals surface area contributed by atoms with Crippen LogP contribution in [0.2, 0.25) is 0 Å². The van der Waals surface area contributed by atoms with E-state index in [4.69, 9.17) is 4.74 Å². The summed E-state index contributed by atoms with van der Waals surface area (Å²) in [5, 5.41) is 2.52. The van der Waals surface area contributed by atoms with Crippen molar-refractivity contribution in [1.82, 2.24) is 15.1 Å². The normalized spacial score (nSPS) is 20.2. The largest absolute Gasteiger partial charge is 0.496 e. The molecule has 2 saturated heterocycles.